The zero-order valence-electron chi connectivity index (χ0n) is 14.5. The van der Waals surface area contributed by atoms with Gasteiger partial charge in [-0.3, -0.25) is 0 Å². The third-order valence-electron chi connectivity index (χ3n) is 3.71. The second-order valence-corrected chi connectivity index (χ2v) is 7.38. The third kappa shape index (κ3) is 4.13. The summed E-state index contributed by atoms with van der Waals surface area (Å²) in [7, 11) is 0. The van der Waals surface area contributed by atoms with E-state index < -0.39 is 5.60 Å². The van der Waals surface area contributed by atoms with Crippen LogP contribution in [0.1, 0.15) is 40.2 Å². The summed E-state index contributed by atoms with van der Waals surface area (Å²) >= 11 is 0. The van der Waals surface area contributed by atoms with Crippen LogP contribution >= 0.6 is 0 Å². The zero-order chi connectivity index (χ0) is 17.3. The molecule has 6 heteroatoms. The number of nitriles is 1. The summed E-state index contributed by atoms with van der Waals surface area (Å²) in [6.45, 7) is 11.6. The SMILES string of the molecule is CC(C)(C)OC(=O)N1CCN(c2ccc(C#N)cn2)C(C)(C)C1. The van der Waals surface area contributed by atoms with Crippen LogP contribution in [0.2, 0.25) is 0 Å². The van der Waals surface area contributed by atoms with Crippen LogP contribution in [0.3, 0.4) is 0 Å². The van der Waals surface area contributed by atoms with Gasteiger partial charge in [-0.2, -0.15) is 5.26 Å². The average molecular weight is 316 g/mol. The van der Waals surface area contributed by atoms with Crippen LogP contribution in [0.4, 0.5) is 10.6 Å². The molecule has 2 rings (SSSR count). The van der Waals surface area contributed by atoms with Crippen molar-refractivity contribution in [3.8, 4) is 6.07 Å². The predicted octanol–water partition coefficient (Wildman–Crippen LogP) is 2.79. The van der Waals surface area contributed by atoms with E-state index in [2.05, 4.69) is 29.8 Å². The molecule has 0 spiro atoms. The smallest absolute Gasteiger partial charge is 0.410 e. The molecular formula is C17H24N4O2. The van der Waals surface area contributed by atoms with Gasteiger partial charge in [0.2, 0.25) is 0 Å². The molecule has 124 valence electrons. The molecular weight excluding hydrogens is 292 g/mol. The molecule has 0 aromatic carbocycles. The van der Waals surface area contributed by atoms with E-state index in [1.807, 2.05) is 26.8 Å². The Bertz CT molecular complexity index is 611. The monoisotopic (exact) mass is 316 g/mol. The van der Waals surface area contributed by atoms with Crippen molar-refractivity contribution in [2.75, 3.05) is 24.5 Å². The number of carbonyl (C=O) groups excluding carboxylic acids is 1. The number of aromatic nitrogens is 1. The number of anilines is 1. The lowest BCUT2D eigenvalue weighted by molar-refractivity contribution is 0.0179. The van der Waals surface area contributed by atoms with Crippen LogP contribution in [0, 0.1) is 11.3 Å². The molecule has 6 nitrogen and oxygen atoms in total. The van der Waals surface area contributed by atoms with Gasteiger partial charge in [-0.1, -0.05) is 0 Å². The maximum Gasteiger partial charge on any atom is 0.410 e. The maximum atomic E-state index is 12.3. The highest BCUT2D eigenvalue weighted by Gasteiger charge is 2.37. The topological polar surface area (TPSA) is 69.5 Å². The minimum Gasteiger partial charge on any atom is -0.444 e. The number of hydrogen-bond donors (Lipinski definition) is 0. The lowest BCUT2D eigenvalue weighted by Crippen LogP contribution is -2.61. The predicted molar refractivity (Wildman–Crippen MR) is 88.2 cm³/mol. The molecule has 0 radical (unpaired) electrons. The van der Waals surface area contributed by atoms with E-state index in [0.717, 1.165) is 5.82 Å². The van der Waals surface area contributed by atoms with Gasteiger partial charge in [0.1, 0.15) is 17.5 Å². The van der Waals surface area contributed by atoms with E-state index in [1.54, 1.807) is 17.2 Å². The summed E-state index contributed by atoms with van der Waals surface area (Å²) in [6.07, 6.45) is 1.30. The molecule has 0 bridgehead atoms. The van der Waals surface area contributed by atoms with Crippen molar-refractivity contribution in [2.45, 2.75) is 45.8 Å². The first-order valence-corrected chi connectivity index (χ1v) is 7.74. The van der Waals surface area contributed by atoms with Gasteiger partial charge in [0.25, 0.3) is 0 Å². The summed E-state index contributed by atoms with van der Waals surface area (Å²) in [5, 5.41) is 8.87. The van der Waals surface area contributed by atoms with Crippen molar-refractivity contribution < 1.29 is 9.53 Å². The number of piperazine rings is 1. The number of carbonyl (C=O) groups is 1. The second-order valence-electron chi connectivity index (χ2n) is 7.38. The van der Waals surface area contributed by atoms with E-state index in [-0.39, 0.29) is 11.6 Å². The number of pyridine rings is 1. The Morgan fingerprint density at radius 2 is 2.04 bits per heavy atom. The van der Waals surface area contributed by atoms with Crippen molar-refractivity contribution in [1.82, 2.24) is 9.88 Å². The summed E-state index contributed by atoms with van der Waals surface area (Å²) in [5.41, 5.74) is -0.220. The highest BCUT2D eigenvalue weighted by molar-refractivity contribution is 5.69. The first kappa shape index (κ1) is 17.1. The van der Waals surface area contributed by atoms with Crippen molar-refractivity contribution in [3.05, 3.63) is 23.9 Å². The Morgan fingerprint density at radius 1 is 1.35 bits per heavy atom. The number of nitrogens with zero attached hydrogens (tertiary/aromatic N) is 4. The number of hydrogen-bond acceptors (Lipinski definition) is 5. The number of rotatable bonds is 1. The van der Waals surface area contributed by atoms with Crippen molar-refractivity contribution in [3.63, 3.8) is 0 Å². The molecule has 1 aromatic rings. The van der Waals surface area contributed by atoms with E-state index in [0.29, 0.717) is 25.2 Å². The first-order chi connectivity index (χ1) is 10.6. The Morgan fingerprint density at radius 3 is 2.52 bits per heavy atom. The van der Waals surface area contributed by atoms with E-state index in [4.69, 9.17) is 10.00 Å². The molecule has 0 N–H and O–H groups in total. The van der Waals surface area contributed by atoms with Crippen LogP contribution in [-0.4, -0.2) is 46.8 Å². The van der Waals surface area contributed by atoms with E-state index >= 15 is 0 Å². The molecule has 1 aromatic heterocycles. The standard InChI is InChI=1S/C17H24N4O2/c1-16(2,3)23-15(22)20-8-9-21(17(4,5)12-20)14-7-6-13(10-18)11-19-14/h6-7,11H,8-9,12H2,1-5H3. The van der Waals surface area contributed by atoms with Crippen LogP contribution < -0.4 is 4.90 Å². The van der Waals surface area contributed by atoms with Crippen LogP contribution in [0.15, 0.2) is 18.3 Å². The highest BCUT2D eigenvalue weighted by atomic mass is 16.6. The molecule has 23 heavy (non-hydrogen) atoms. The number of amides is 1. The molecule has 1 amide bonds. The number of ether oxygens (including phenoxy) is 1. The van der Waals surface area contributed by atoms with E-state index in [9.17, 15) is 4.79 Å². The fourth-order valence-corrected chi connectivity index (χ4v) is 2.67. The van der Waals surface area contributed by atoms with Crippen molar-refractivity contribution >= 4 is 11.9 Å². The van der Waals surface area contributed by atoms with Gasteiger partial charge in [0.15, 0.2) is 0 Å². The lowest BCUT2D eigenvalue weighted by atomic mass is 9.99. The van der Waals surface area contributed by atoms with E-state index in [1.165, 1.54) is 0 Å². The Hall–Kier alpha value is -2.29. The molecule has 0 unspecified atom stereocenters. The molecule has 1 aliphatic heterocycles. The van der Waals surface area contributed by atoms with Crippen LogP contribution in [0.25, 0.3) is 0 Å². The summed E-state index contributed by atoms with van der Waals surface area (Å²) in [4.78, 5) is 20.5. The van der Waals surface area contributed by atoms with Gasteiger partial charge in [-0.25, -0.2) is 9.78 Å². The molecule has 2 heterocycles. The zero-order valence-corrected chi connectivity index (χ0v) is 14.5. The quantitative estimate of drug-likeness (QED) is 0.797. The Labute approximate surface area is 137 Å². The minimum atomic E-state index is -0.493. The largest absolute Gasteiger partial charge is 0.444 e. The lowest BCUT2D eigenvalue weighted by Gasteiger charge is -2.47. The minimum absolute atomic E-state index is 0.268. The van der Waals surface area contributed by atoms with Gasteiger partial charge < -0.3 is 14.5 Å². The molecule has 0 atom stereocenters. The third-order valence-corrected chi connectivity index (χ3v) is 3.71. The van der Waals surface area contributed by atoms with Gasteiger partial charge >= 0.3 is 6.09 Å². The molecule has 1 fully saturated rings. The van der Waals surface area contributed by atoms with Gasteiger partial charge in [0.05, 0.1) is 11.1 Å². The van der Waals surface area contributed by atoms with Crippen LogP contribution in [0.5, 0.6) is 0 Å². The van der Waals surface area contributed by atoms with Crippen molar-refractivity contribution in [2.24, 2.45) is 0 Å². The molecule has 0 saturated carbocycles. The Balaban J connectivity index is 2.10. The van der Waals surface area contributed by atoms with Gasteiger partial charge in [-0.05, 0) is 46.8 Å². The maximum absolute atomic E-state index is 12.3. The fourth-order valence-electron chi connectivity index (χ4n) is 2.67. The first-order valence-electron chi connectivity index (χ1n) is 7.74. The highest BCUT2D eigenvalue weighted by Crippen LogP contribution is 2.27. The van der Waals surface area contributed by atoms with Gasteiger partial charge in [-0.15, -0.1) is 0 Å². The fraction of sp³-hybridized carbons (Fsp3) is 0.588. The van der Waals surface area contributed by atoms with Gasteiger partial charge in [0, 0.05) is 25.8 Å². The second kappa shape index (κ2) is 6.07. The molecule has 1 saturated heterocycles. The molecule has 1 aliphatic rings. The van der Waals surface area contributed by atoms with Crippen molar-refractivity contribution in [1.29, 1.82) is 5.26 Å². The molecule has 0 aliphatic carbocycles. The summed E-state index contributed by atoms with van der Waals surface area (Å²) in [5.74, 6) is 0.817. The Kier molecular flexibility index (Phi) is 4.51. The normalized spacial score (nSPS) is 17.6. The van der Waals surface area contributed by atoms with Crippen LogP contribution in [-0.2, 0) is 4.74 Å². The summed E-state index contributed by atoms with van der Waals surface area (Å²) in [6, 6.07) is 5.68. The summed E-state index contributed by atoms with van der Waals surface area (Å²) < 4.78 is 5.46. The average Bonchev–Trinajstić information content (AvgIpc) is 2.44.